The minimum absolute atomic E-state index is 0.332. The lowest BCUT2D eigenvalue weighted by molar-refractivity contribution is 0.382. The molecule has 1 aromatic heterocycles. The lowest BCUT2D eigenvalue weighted by atomic mass is 9.98. The van der Waals surface area contributed by atoms with E-state index in [0.29, 0.717) is 6.17 Å². The van der Waals surface area contributed by atoms with Gasteiger partial charge in [0.2, 0.25) is 0 Å². The fourth-order valence-electron chi connectivity index (χ4n) is 4.22. The Morgan fingerprint density at radius 2 is 1.92 bits per heavy atom. The second-order valence-corrected chi connectivity index (χ2v) is 7.10. The lowest BCUT2D eigenvalue weighted by Gasteiger charge is -2.30. The van der Waals surface area contributed by atoms with E-state index >= 15 is 0 Å². The molecule has 0 saturated carbocycles. The molecule has 5 rings (SSSR count). The monoisotopic (exact) mass is 327 g/mol. The second kappa shape index (κ2) is 5.09. The average molecular weight is 327 g/mol. The first-order valence-electron chi connectivity index (χ1n) is 8.83. The molecule has 0 N–H and O–H groups in total. The van der Waals surface area contributed by atoms with E-state index in [-0.39, 0.29) is 0 Å². The highest BCUT2D eigenvalue weighted by atomic mass is 15.4. The third-order valence-corrected chi connectivity index (χ3v) is 5.69. The molecule has 1 atom stereocenters. The number of hydrogen-bond acceptors (Lipinski definition) is 3. The van der Waals surface area contributed by atoms with Gasteiger partial charge in [-0.2, -0.15) is 0 Å². The number of aryl methyl sites for hydroxylation is 1. The summed E-state index contributed by atoms with van der Waals surface area (Å²) in [5.74, 6) is 0. The van der Waals surface area contributed by atoms with Gasteiger partial charge in [0, 0.05) is 48.7 Å². The van der Waals surface area contributed by atoms with Crippen LogP contribution in [0.3, 0.4) is 0 Å². The van der Waals surface area contributed by atoms with Crippen molar-refractivity contribution in [3.63, 3.8) is 0 Å². The summed E-state index contributed by atoms with van der Waals surface area (Å²) < 4.78 is 0. The molecule has 0 spiro atoms. The lowest BCUT2D eigenvalue weighted by Crippen LogP contribution is -2.34. The van der Waals surface area contributed by atoms with E-state index in [1.165, 1.54) is 44.4 Å². The summed E-state index contributed by atoms with van der Waals surface area (Å²) in [5, 5.41) is 2.52. The van der Waals surface area contributed by atoms with Crippen molar-refractivity contribution >= 4 is 16.5 Å². The molecule has 0 unspecified atom stereocenters. The number of anilines is 1. The Morgan fingerprint density at radius 1 is 1.08 bits per heavy atom. The van der Waals surface area contributed by atoms with Crippen LogP contribution in [0.2, 0.25) is 0 Å². The summed E-state index contributed by atoms with van der Waals surface area (Å²) in [6.07, 6.45) is 7.60. The van der Waals surface area contributed by atoms with Gasteiger partial charge in [0.1, 0.15) is 6.17 Å². The first-order valence-corrected chi connectivity index (χ1v) is 8.83. The normalized spacial score (nSPS) is 18.1. The Hall–Kier alpha value is -2.81. The highest BCUT2D eigenvalue weighted by Gasteiger charge is 2.30. The van der Waals surface area contributed by atoms with Crippen LogP contribution in [0.15, 0.2) is 55.0 Å². The first-order chi connectivity index (χ1) is 12.1. The van der Waals surface area contributed by atoms with Crippen molar-refractivity contribution in [1.82, 2.24) is 9.88 Å². The van der Waals surface area contributed by atoms with E-state index < -0.39 is 0 Å². The second-order valence-electron chi connectivity index (χ2n) is 7.10. The number of pyridine rings is 1. The molecule has 0 saturated heterocycles. The molecule has 1 aliphatic carbocycles. The minimum Gasteiger partial charge on any atom is -0.359 e. The zero-order chi connectivity index (χ0) is 17.1. The van der Waals surface area contributed by atoms with Gasteiger partial charge in [-0.25, -0.2) is 0 Å². The number of fused-ring (bicyclic) bond motifs is 5. The Morgan fingerprint density at radius 3 is 2.72 bits per heavy atom. The summed E-state index contributed by atoms with van der Waals surface area (Å²) in [6, 6.07) is 13.1. The van der Waals surface area contributed by atoms with Gasteiger partial charge < -0.3 is 9.80 Å². The van der Waals surface area contributed by atoms with Crippen molar-refractivity contribution in [1.29, 1.82) is 0 Å². The van der Waals surface area contributed by atoms with Crippen LogP contribution in [0, 0.1) is 6.92 Å². The zero-order valence-corrected chi connectivity index (χ0v) is 14.8. The van der Waals surface area contributed by atoms with E-state index in [2.05, 4.69) is 79.5 Å². The number of nitrogens with zero attached hydrogens (tertiary/aromatic N) is 3. The molecule has 0 fully saturated rings. The molecular formula is C22H21N3. The van der Waals surface area contributed by atoms with E-state index in [1.54, 1.807) is 0 Å². The fraction of sp³-hybridized carbons (Fsp3) is 0.227. The van der Waals surface area contributed by atoms with Crippen molar-refractivity contribution in [3.8, 4) is 11.1 Å². The van der Waals surface area contributed by atoms with Gasteiger partial charge in [-0.15, -0.1) is 0 Å². The number of aromatic nitrogens is 1. The molecule has 2 heterocycles. The van der Waals surface area contributed by atoms with E-state index in [1.807, 2.05) is 6.20 Å². The molecule has 2 aromatic carbocycles. The van der Waals surface area contributed by atoms with Gasteiger partial charge >= 0.3 is 0 Å². The van der Waals surface area contributed by atoms with Gasteiger partial charge in [0.15, 0.2) is 0 Å². The third-order valence-electron chi connectivity index (χ3n) is 5.69. The van der Waals surface area contributed by atoms with Gasteiger partial charge in [-0.05, 0) is 35.9 Å². The van der Waals surface area contributed by atoms with Crippen molar-refractivity contribution in [2.24, 2.45) is 0 Å². The van der Waals surface area contributed by atoms with Crippen molar-refractivity contribution in [2.75, 3.05) is 11.9 Å². The molecule has 1 aliphatic heterocycles. The summed E-state index contributed by atoms with van der Waals surface area (Å²) in [5.41, 5.74) is 7.93. The third kappa shape index (κ3) is 1.95. The molecule has 3 heteroatoms. The molecule has 124 valence electrons. The first kappa shape index (κ1) is 14.5. The minimum atomic E-state index is 0.332. The van der Waals surface area contributed by atoms with Crippen LogP contribution in [0.5, 0.6) is 0 Å². The predicted molar refractivity (Wildman–Crippen MR) is 104 cm³/mol. The highest BCUT2D eigenvalue weighted by Crippen LogP contribution is 2.46. The van der Waals surface area contributed by atoms with E-state index in [0.717, 1.165) is 6.42 Å². The number of benzene rings is 2. The van der Waals surface area contributed by atoms with Gasteiger partial charge in [0.25, 0.3) is 0 Å². The molecule has 25 heavy (non-hydrogen) atoms. The van der Waals surface area contributed by atoms with Gasteiger partial charge in [0.05, 0.1) is 5.69 Å². The van der Waals surface area contributed by atoms with Gasteiger partial charge in [-0.3, -0.25) is 4.98 Å². The van der Waals surface area contributed by atoms with Gasteiger partial charge in [-0.1, -0.05) is 36.4 Å². The zero-order valence-electron chi connectivity index (χ0n) is 14.8. The summed E-state index contributed by atoms with van der Waals surface area (Å²) in [6.45, 7) is 4.46. The molecule has 2 aliphatic rings. The maximum absolute atomic E-state index is 4.79. The van der Waals surface area contributed by atoms with E-state index in [9.17, 15) is 0 Å². The van der Waals surface area contributed by atoms with Crippen LogP contribution >= 0.6 is 0 Å². The average Bonchev–Trinajstić information content (AvgIpc) is 3.16. The van der Waals surface area contributed by atoms with Crippen molar-refractivity contribution in [3.05, 3.63) is 71.8 Å². The van der Waals surface area contributed by atoms with Crippen LogP contribution in [0.25, 0.3) is 21.9 Å². The molecule has 0 amide bonds. The Bertz CT molecular complexity index is 1030. The highest BCUT2D eigenvalue weighted by molar-refractivity contribution is 6.01. The maximum atomic E-state index is 4.79. The van der Waals surface area contributed by atoms with Crippen molar-refractivity contribution in [2.45, 2.75) is 26.4 Å². The van der Waals surface area contributed by atoms with Crippen LogP contribution in [-0.4, -0.2) is 23.1 Å². The summed E-state index contributed by atoms with van der Waals surface area (Å²) in [4.78, 5) is 9.42. The Balaban J connectivity index is 1.76. The number of rotatable bonds is 1. The number of hydrogen-bond donors (Lipinski definition) is 0. The molecule has 0 radical (unpaired) electrons. The van der Waals surface area contributed by atoms with Crippen LogP contribution < -0.4 is 4.90 Å². The van der Waals surface area contributed by atoms with Crippen LogP contribution in [0.4, 0.5) is 5.69 Å². The predicted octanol–water partition coefficient (Wildman–Crippen LogP) is 4.68. The largest absolute Gasteiger partial charge is 0.359 e. The standard InChI is InChI=1S/C22H21N3/c1-14-8-9-18-19(22(14)25-11-10-24(3)15(25)2)12-20-21(18)17-7-5-4-6-16(17)13-23-20/h4-11,13,15H,12H2,1-3H3/t15-/m0/s1. The van der Waals surface area contributed by atoms with E-state index in [4.69, 9.17) is 4.98 Å². The SMILES string of the molecule is Cc1ccc2c(c1N1C=CN(C)[C@@H]1C)Cc1ncc3ccccc3c1-2. The van der Waals surface area contributed by atoms with Crippen molar-refractivity contribution < 1.29 is 0 Å². The summed E-state index contributed by atoms with van der Waals surface area (Å²) >= 11 is 0. The van der Waals surface area contributed by atoms with Crippen LogP contribution in [-0.2, 0) is 6.42 Å². The fourth-order valence-corrected chi connectivity index (χ4v) is 4.22. The Labute approximate surface area is 148 Å². The Kier molecular flexibility index (Phi) is 2.96. The van der Waals surface area contributed by atoms with Crippen LogP contribution in [0.1, 0.15) is 23.7 Å². The molecule has 0 bridgehead atoms. The topological polar surface area (TPSA) is 19.4 Å². The maximum Gasteiger partial charge on any atom is 0.102 e. The molecular weight excluding hydrogens is 306 g/mol. The molecule has 3 aromatic rings. The smallest absolute Gasteiger partial charge is 0.102 e. The summed E-state index contributed by atoms with van der Waals surface area (Å²) in [7, 11) is 2.13. The molecule has 3 nitrogen and oxygen atoms in total. The quantitative estimate of drug-likeness (QED) is 0.506.